The quantitative estimate of drug-likeness (QED) is 0.623. The molecule has 0 radical (unpaired) electrons. The maximum atomic E-state index is 12.3. The van der Waals surface area contributed by atoms with Crippen molar-refractivity contribution in [1.82, 2.24) is 5.32 Å². The van der Waals surface area contributed by atoms with Crippen LogP contribution in [0.25, 0.3) is 0 Å². The van der Waals surface area contributed by atoms with E-state index < -0.39 is 0 Å². The molecule has 1 atom stereocenters. The number of hydrogen-bond acceptors (Lipinski definition) is 5. The van der Waals surface area contributed by atoms with Crippen molar-refractivity contribution in [3.8, 4) is 5.75 Å². The van der Waals surface area contributed by atoms with Gasteiger partial charge in [0, 0.05) is 12.0 Å². The molecule has 2 aromatic rings. The van der Waals surface area contributed by atoms with Gasteiger partial charge in [0.2, 0.25) is 0 Å². The lowest BCUT2D eigenvalue weighted by atomic mass is 10.1. The minimum atomic E-state index is -0.150. The molecule has 28 heavy (non-hydrogen) atoms. The summed E-state index contributed by atoms with van der Waals surface area (Å²) < 4.78 is 11.0. The van der Waals surface area contributed by atoms with E-state index >= 15 is 0 Å². The van der Waals surface area contributed by atoms with E-state index in [0.717, 1.165) is 26.3 Å². The summed E-state index contributed by atoms with van der Waals surface area (Å²) in [4.78, 5) is 26.6. The number of ether oxygens (including phenoxy) is 2. The summed E-state index contributed by atoms with van der Waals surface area (Å²) in [6, 6.07) is 11.3. The maximum Gasteiger partial charge on any atom is 0.258 e. The van der Waals surface area contributed by atoms with Crippen LogP contribution in [0.3, 0.4) is 0 Å². The fourth-order valence-corrected chi connectivity index (χ4v) is 4.16. The van der Waals surface area contributed by atoms with Gasteiger partial charge in [0.15, 0.2) is 12.4 Å². The molecule has 0 unspecified atom stereocenters. The van der Waals surface area contributed by atoms with Gasteiger partial charge >= 0.3 is 0 Å². The van der Waals surface area contributed by atoms with Gasteiger partial charge in [-0.2, -0.15) is 0 Å². The van der Waals surface area contributed by atoms with Crippen LogP contribution < -0.4 is 15.0 Å². The van der Waals surface area contributed by atoms with E-state index in [4.69, 9.17) is 9.47 Å². The molecule has 2 N–H and O–H groups in total. The van der Waals surface area contributed by atoms with Crippen molar-refractivity contribution in [3.63, 3.8) is 0 Å². The summed E-state index contributed by atoms with van der Waals surface area (Å²) in [5.41, 5.74) is 0.659. The molecule has 1 amide bonds. The Bertz CT molecular complexity index is 755. The van der Waals surface area contributed by atoms with E-state index in [-0.39, 0.29) is 24.3 Å². The second-order valence-corrected chi connectivity index (χ2v) is 7.71. The van der Waals surface area contributed by atoms with Crippen LogP contribution in [0.1, 0.15) is 34.6 Å². The molecule has 2 heterocycles. The molecular formula is C21H27N2O4S+. The second kappa shape index (κ2) is 10.4. The number of carbonyl (C=O) groups excluding carboxylic acids is 2. The van der Waals surface area contributed by atoms with Crippen LogP contribution in [-0.4, -0.2) is 51.1 Å². The van der Waals surface area contributed by atoms with Gasteiger partial charge in [-0.1, -0.05) is 13.0 Å². The number of ketones is 1. The van der Waals surface area contributed by atoms with Crippen molar-refractivity contribution in [3.05, 3.63) is 52.2 Å². The smallest absolute Gasteiger partial charge is 0.258 e. The molecule has 1 aromatic heterocycles. The first-order valence-corrected chi connectivity index (χ1v) is 10.5. The van der Waals surface area contributed by atoms with E-state index in [0.29, 0.717) is 24.3 Å². The lowest BCUT2D eigenvalue weighted by Gasteiger charge is -2.31. The number of carbonyl (C=O) groups is 2. The van der Waals surface area contributed by atoms with Crippen LogP contribution in [0.5, 0.6) is 5.75 Å². The minimum Gasteiger partial charge on any atom is -0.484 e. The number of morpholine rings is 1. The zero-order valence-corrected chi connectivity index (χ0v) is 16.9. The van der Waals surface area contributed by atoms with Gasteiger partial charge < -0.3 is 19.7 Å². The summed E-state index contributed by atoms with van der Waals surface area (Å²) in [6.45, 7) is 5.75. The lowest BCUT2D eigenvalue weighted by Crippen LogP contribution is -3.15. The van der Waals surface area contributed by atoms with E-state index in [1.807, 2.05) is 13.0 Å². The van der Waals surface area contributed by atoms with Gasteiger partial charge in [-0.3, -0.25) is 9.59 Å². The summed E-state index contributed by atoms with van der Waals surface area (Å²) in [6.07, 6.45) is 0.471. The molecule has 7 heteroatoms. The molecule has 1 saturated heterocycles. The average Bonchev–Trinajstić information content (AvgIpc) is 3.27. The first-order chi connectivity index (χ1) is 13.7. The third-order valence-electron chi connectivity index (χ3n) is 4.89. The van der Waals surface area contributed by atoms with E-state index in [1.165, 1.54) is 9.78 Å². The molecule has 0 spiro atoms. The number of quaternary nitrogens is 1. The summed E-state index contributed by atoms with van der Waals surface area (Å²) >= 11 is 1.72. The first kappa shape index (κ1) is 20.5. The summed E-state index contributed by atoms with van der Waals surface area (Å²) in [5, 5.41) is 5.07. The number of rotatable bonds is 9. The van der Waals surface area contributed by atoms with Gasteiger partial charge in [-0.25, -0.2) is 0 Å². The Morgan fingerprint density at radius 2 is 1.96 bits per heavy atom. The topological polar surface area (TPSA) is 69.1 Å². The highest BCUT2D eigenvalue weighted by Gasteiger charge is 2.27. The van der Waals surface area contributed by atoms with Crippen molar-refractivity contribution < 1.29 is 24.0 Å². The largest absolute Gasteiger partial charge is 0.484 e. The fourth-order valence-electron chi connectivity index (χ4n) is 3.27. The number of hydrogen-bond donors (Lipinski definition) is 2. The zero-order valence-electron chi connectivity index (χ0n) is 16.1. The number of amides is 1. The lowest BCUT2D eigenvalue weighted by molar-refractivity contribution is -0.937. The van der Waals surface area contributed by atoms with Gasteiger partial charge in [0.25, 0.3) is 5.91 Å². The molecule has 3 rings (SSSR count). The number of Topliss-reactive ketones (excluding diaryl/α,β-unsaturated/α-hetero) is 1. The van der Waals surface area contributed by atoms with Gasteiger partial charge in [-0.05, 0) is 35.7 Å². The third-order valence-corrected chi connectivity index (χ3v) is 5.87. The zero-order chi connectivity index (χ0) is 19.8. The van der Waals surface area contributed by atoms with Crippen LogP contribution in [0.2, 0.25) is 0 Å². The Hall–Kier alpha value is -2.22. The van der Waals surface area contributed by atoms with Crippen molar-refractivity contribution in [2.75, 3.05) is 39.5 Å². The average molecular weight is 404 g/mol. The monoisotopic (exact) mass is 403 g/mol. The van der Waals surface area contributed by atoms with Gasteiger partial charge in [0.05, 0.1) is 24.6 Å². The van der Waals surface area contributed by atoms with Crippen LogP contribution in [0.15, 0.2) is 41.8 Å². The molecular weight excluding hydrogens is 376 g/mol. The van der Waals surface area contributed by atoms with Gasteiger partial charge in [0.1, 0.15) is 24.9 Å². The molecule has 0 aliphatic carbocycles. The second-order valence-electron chi connectivity index (χ2n) is 6.73. The SMILES string of the molecule is CCC(=O)c1ccc(OCC(=O)NC[C@H](c2cccs2)[NH+]2CCOCC2)cc1. The predicted octanol–water partition coefficient (Wildman–Crippen LogP) is 1.49. The number of benzene rings is 1. The Labute approximate surface area is 169 Å². The van der Waals surface area contributed by atoms with E-state index in [9.17, 15) is 9.59 Å². The fraction of sp³-hybridized carbons (Fsp3) is 0.429. The van der Waals surface area contributed by atoms with E-state index in [2.05, 4.69) is 16.8 Å². The summed E-state index contributed by atoms with van der Waals surface area (Å²) in [7, 11) is 0. The molecule has 1 aromatic carbocycles. The molecule has 150 valence electrons. The molecule has 1 fully saturated rings. The van der Waals surface area contributed by atoms with Gasteiger partial charge in [-0.15, -0.1) is 11.3 Å². The Balaban J connectivity index is 1.50. The third kappa shape index (κ3) is 5.64. The van der Waals surface area contributed by atoms with Crippen LogP contribution in [0.4, 0.5) is 0 Å². The van der Waals surface area contributed by atoms with Crippen molar-refractivity contribution in [1.29, 1.82) is 0 Å². The molecule has 1 aliphatic heterocycles. The predicted molar refractivity (Wildman–Crippen MR) is 108 cm³/mol. The molecule has 0 saturated carbocycles. The molecule has 1 aliphatic rings. The highest BCUT2D eigenvalue weighted by molar-refractivity contribution is 7.10. The van der Waals surface area contributed by atoms with E-state index in [1.54, 1.807) is 35.6 Å². The first-order valence-electron chi connectivity index (χ1n) is 9.66. The van der Waals surface area contributed by atoms with Crippen LogP contribution in [-0.2, 0) is 9.53 Å². The Kier molecular flexibility index (Phi) is 7.59. The highest BCUT2D eigenvalue weighted by Crippen LogP contribution is 2.16. The Morgan fingerprint density at radius 3 is 2.61 bits per heavy atom. The van der Waals surface area contributed by atoms with Crippen molar-refractivity contribution >= 4 is 23.0 Å². The van der Waals surface area contributed by atoms with Crippen molar-refractivity contribution in [2.24, 2.45) is 0 Å². The number of thiophene rings is 1. The molecule has 0 bridgehead atoms. The Morgan fingerprint density at radius 1 is 1.21 bits per heavy atom. The highest BCUT2D eigenvalue weighted by atomic mass is 32.1. The normalized spacial score (nSPS) is 15.8. The van der Waals surface area contributed by atoms with Crippen LogP contribution in [0, 0.1) is 0 Å². The molecule has 6 nitrogen and oxygen atoms in total. The minimum absolute atomic E-state index is 0.0450. The van der Waals surface area contributed by atoms with Crippen molar-refractivity contribution in [2.45, 2.75) is 19.4 Å². The summed E-state index contributed by atoms with van der Waals surface area (Å²) in [5.74, 6) is 0.522. The number of nitrogens with one attached hydrogen (secondary N) is 2. The standard InChI is InChI=1S/C21H26N2O4S/c1-2-19(24)16-5-7-17(8-6-16)27-15-21(25)22-14-18(20-4-3-13-28-20)23-9-11-26-12-10-23/h3-8,13,18H,2,9-12,14-15H2,1H3,(H,22,25)/p+1/t18-/m1/s1. The maximum absolute atomic E-state index is 12.3. The van der Waals surface area contributed by atoms with Crippen LogP contribution >= 0.6 is 11.3 Å².